The fraction of sp³-hybridized carbons (Fsp3) is 0.269. The summed E-state index contributed by atoms with van der Waals surface area (Å²) in [4.78, 5) is 41.3. The number of benzene rings is 2. The van der Waals surface area contributed by atoms with Crippen LogP contribution in [0.15, 0.2) is 60.0 Å². The second kappa shape index (κ2) is 8.95. The minimum absolute atomic E-state index is 0.00839. The number of anilines is 3. The Morgan fingerprint density at radius 3 is 2.68 bits per heavy atom. The Bertz CT molecular complexity index is 1240. The molecule has 3 amide bonds. The van der Waals surface area contributed by atoms with Gasteiger partial charge < -0.3 is 20.3 Å². The molecule has 1 saturated heterocycles. The van der Waals surface area contributed by atoms with Crippen molar-refractivity contribution in [2.24, 2.45) is 5.92 Å². The van der Waals surface area contributed by atoms with Crippen LogP contribution >= 0.6 is 11.3 Å². The molecular formula is C26H25N3O4S. The molecule has 0 radical (unpaired) electrons. The average molecular weight is 476 g/mol. The minimum atomic E-state index is -0.563. The lowest BCUT2D eigenvalue weighted by Crippen LogP contribution is -2.46. The van der Waals surface area contributed by atoms with Crippen LogP contribution in [0.3, 0.4) is 0 Å². The smallest absolute Gasteiger partial charge is 0.265 e. The lowest BCUT2D eigenvalue weighted by atomic mass is 9.86. The van der Waals surface area contributed by atoms with Crippen molar-refractivity contribution in [3.63, 3.8) is 0 Å². The molecule has 2 N–H and O–H groups in total. The van der Waals surface area contributed by atoms with E-state index in [-0.39, 0.29) is 17.7 Å². The molecule has 2 aromatic carbocycles. The molecule has 0 bridgehead atoms. The fourth-order valence-electron chi connectivity index (χ4n) is 4.48. The fourth-order valence-corrected chi connectivity index (χ4v) is 5.36. The molecule has 8 heteroatoms. The van der Waals surface area contributed by atoms with Gasteiger partial charge in [0, 0.05) is 22.7 Å². The van der Waals surface area contributed by atoms with E-state index in [4.69, 9.17) is 4.74 Å². The molecule has 0 aliphatic carbocycles. The standard InChI is InChI=1S/C26H25N3O4S/c1-15-5-8-18(9-6-15)29-23(30)12-10-19(24(29)22-4-3-13-34-22)26(32)27-17-7-11-21-20(14-17)28-25(31)16(2)33-21/h3-9,11,13-14,16,19,24H,10,12H2,1-2H3,(H,27,32)(H,28,31). The zero-order valence-electron chi connectivity index (χ0n) is 18.9. The van der Waals surface area contributed by atoms with Gasteiger partial charge >= 0.3 is 0 Å². The Kier molecular flexibility index (Phi) is 5.83. The number of nitrogens with one attached hydrogen (secondary N) is 2. The van der Waals surface area contributed by atoms with E-state index in [2.05, 4.69) is 10.6 Å². The molecule has 3 unspecified atom stereocenters. The van der Waals surface area contributed by atoms with E-state index in [1.165, 1.54) is 0 Å². The number of amides is 3. The van der Waals surface area contributed by atoms with Crippen LogP contribution in [0.4, 0.5) is 17.1 Å². The second-order valence-electron chi connectivity index (χ2n) is 8.65. The number of rotatable bonds is 4. The van der Waals surface area contributed by atoms with E-state index in [0.29, 0.717) is 30.0 Å². The number of carbonyl (C=O) groups excluding carboxylic acids is 3. The molecule has 3 aromatic rings. The quantitative estimate of drug-likeness (QED) is 0.562. The maximum atomic E-state index is 13.5. The highest BCUT2D eigenvalue weighted by Gasteiger charge is 2.42. The van der Waals surface area contributed by atoms with Gasteiger partial charge in [-0.05, 0) is 62.0 Å². The highest BCUT2D eigenvalue weighted by Crippen LogP contribution is 2.42. The first-order chi connectivity index (χ1) is 16.4. The van der Waals surface area contributed by atoms with Crippen molar-refractivity contribution < 1.29 is 19.1 Å². The lowest BCUT2D eigenvalue weighted by molar-refractivity contribution is -0.126. The molecule has 0 saturated carbocycles. The molecular weight excluding hydrogens is 450 g/mol. The minimum Gasteiger partial charge on any atom is -0.479 e. The van der Waals surface area contributed by atoms with Crippen LogP contribution in [0.1, 0.15) is 36.2 Å². The molecule has 1 aromatic heterocycles. The topological polar surface area (TPSA) is 87.7 Å². The van der Waals surface area contributed by atoms with Gasteiger partial charge in [-0.25, -0.2) is 0 Å². The monoisotopic (exact) mass is 475 g/mol. The van der Waals surface area contributed by atoms with E-state index in [9.17, 15) is 14.4 Å². The summed E-state index contributed by atoms with van der Waals surface area (Å²) in [6.07, 6.45) is 0.185. The lowest BCUT2D eigenvalue weighted by Gasteiger charge is -2.40. The number of aryl methyl sites for hydroxylation is 1. The van der Waals surface area contributed by atoms with Crippen molar-refractivity contribution >= 4 is 46.1 Å². The van der Waals surface area contributed by atoms with Gasteiger partial charge in [0.05, 0.1) is 17.6 Å². The third-order valence-electron chi connectivity index (χ3n) is 6.26. The molecule has 174 valence electrons. The van der Waals surface area contributed by atoms with Gasteiger partial charge in [-0.15, -0.1) is 11.3 Å². The van der Waals surface area contributed by atoms with Crippen LogP contribution in [-0.2, 0) is 14.4 Å². The van der Waals surface area contributed by atoms with Gasteiger partial charge in [-0.1, -0.05) is 23.8 Å². The largest absolute Gasteiger partial charge is 0.479 e. The van der Waals surface area contributed by atoms with Crippen molar-refractivity contribution in [3.8, 4) is 5.75 Å². The summed E-state index contributed by atoms with van der Waals surface area (Å²) in [5.74, 6) is -0.253. The van der Waals surface area contributed by atoms with E-state index < -0.39 is 18.1 Å². The second-order valence-corrected chi connectivity index (χ2v) is 9.63. The van der Waals surface area contributed by atoms with Crippen LogP contribution < -0.4 is 20.3 Å². The summed E-state index contributed by atoms with van der Waals surface area (Å²) in [6, 6.07) is 16.5. The number of carbonyl (C=O) groups is 3. The molecule has 34 heavy (non-hydrogen) atoms. The zero-order chi connectivity index (χ0) is 23.8. The van der Waals surface area contributed by atoms with Gasteiger partial charge in [0.1, 0.15) is 5.75 Å². The maximum Gasteiger partial charge on any atom is 0.265 e. The SMILES string of the molecule is Cc1ccc(N2C(=O)CCC(C(=O)Nc3ccc4c(c3)NC(=O)C(C)O4)C2c2cccs2)cc1. The van der Waals surface area contributed by atoms with Crippen LogP contribution in [0.25, 0.3) is 0 Å². The first-order valence-electron chi connectivity index (χ1n) is 11.3. The molecule has 5 rings (SSSR count). The van der Waals surface area contributed by atoms with Crippen molar-refractivity contribution in [2.45, 2.75) is 38.8 Å². The highest BCUT2D eigenvalue weighted by atomic mass is 32.1. The number of nitrogens with zero attached hydrogens (tertiary/aromatic N) is 1. The summed E-state index contributed by atoms with van der Waals surface area (Å²) in [7, 11) is 0. The normalized spacial score (nSPS) is 21.9. The summed E-state index contributed by atoms with van der Waals surface area (Å²) < 4.78 is 5.60. The average Bonchev–Trinajstić information content (AvgIpc) is 3.35. The van der Waals surface area contributed by atoms with Gasteiger partial charge in [-0.2, -0.15) is 0 Å². The zero-order valence-corrected chi connectivity index (χ0v) is 19.7. The van der Waals surface area contributed by atoms with Gasteiger partial charge in [0.2, 0.25) is 11.8 Å². The van der Waals surface area contributed by atoms with Crippen molar-refractivity contribution in [1.29, 1.82) is 0 Å². The molecule has 3 atom stereocenters. The maximum absolute atomic E-state index is 13.5. The number of fused-ring (bicyclic) bond motifs is 1. The molecule has 2 aliphatic rings. The summed E-state index contributed by atoms with van der Waals surface area (Å²) in [5, 5.41) is 7.77. The Morgan fingerprint density at radius 1 is 1.15 bits per heavy atom. The third-order valence-corrected chi connectivity index (χ3v) is 7.20. The predicted octanol–water partition coefficient (Wildman–Crippen LogP) is 4.90. The van der Waals surface area contributed by atoms with Gasteiger partial charge in [-0.3, -0.25) is 14.4 Å². The van der Waals surface area contributed by atoms with E-state index >= 15 is 0 Å². The van der Waals surface area contributed by atoms with E-state index in [1.807, 2.05) is 48.7 Å². The molecule has 2 aliphatic heterocycles. The summed E-state index contributed by atoms with van der Waals surface area (Å²) in [6.45, 7) is 3.68. The first kappa shape index (κ1) is 22.2. The molecule has 7 nitrogen and oxygen atoms in total. The van der Waals surface area contributed by atoms with Crippen LogP contribution in [-0.4, -0.2) is 23.8 Å². The van der Waals surface area contributed by atoms with Crippen LogP contribution in [0, 0.1) is 12.8 Å². The van der Waals surface area contributed by atoms with Crippen molar-refractivity contribution in [3.05, 3.63) is 70.4 Å². The number of piperidine rings is 1. The Balaban J connectivity index is 1.44. The predicted molar refractivity (Wildman–Crippen MR) is 132 cm³/mol. The highest BCUT2D eigenvalue weighted by molar-refractivity contribution is 7.10. The van der Waals surface area contributed by atoms with Crippen molar-refractivity contribution in [2.75, 3.05) is 15.5 Å². The summed E-state index contributed by atoms with van der Waals surface area (Å²) >= 11 is 1.54. The first-order valence-corrected chi connectivity index (χ1v) is 12.1. The summed E-state index contributed by atoms with van der Waals surface area (Å²) in [5.41, 5.74) is 2.98. The Hall–Kier alpha value is -3.65. The number of thiophene rings is 1. The number of hydrogen-bond acceptors (Lipinski definition) is 5. The van der Waals surface area contributed by atoms with Crippen LogP contribution in [0.2, 0.25) is 0 Å². The Morgan fingerprint density at radius 2 is 1.94 bits per heavy atom. The molecule has 3 heterocycles. The van der Waals surface area contributed by atoms with E-state index in [1.54, 1.807) is 41.4 Å². The number of hydrogen-bond donors (Lipinski definition) is 2. The third kappa shape index (κ3) is 4.17. The Labute approximate surface area is 201 Å². The molecule has 1 fully saturated rings. The molecule has 0 spiro atoms. The van der Waals surface area contributed by atoms with Gasteiger partial charge in [0.15, 0.2) is 6.10 Å². The van der Waals surface area contributed by atoms with Crippen LogP contribution in [0.5, 0.6) is 5.75 Å². The number of ether oxygens (including phenoxy) is 1. The van der Waals surface area contributed by atoms with Gasteiger partial charge in [0.25, 0.3) is 5.91 Å². The van der Waals surface area contributed by atoms with E-state index in [0.717, 1.165) is 16.1 Å². The van der Waals surface area contributed by atoms with Crippen molar-refractivity contribution in [1.82, 2.24) is 0 Å².